The maximum absolute atomic E-state index is 13.0. The minimum absolute atomic E-state index is 0.0946. The highest BCUT2D eigenvalue weighted by atomic mass is 32.1. The molecule has 1 aromatic heterocycles. The minimum atomic E-state index is -1.10. The molecular formula is C24H21NO4S. The number of carbonyl (C=O) groups is 3. The number of carbonyl (C=O) groups excluding carboxylic acids is 3. The highest BCUT2D eigenvalue weighted by Gasteiger charge is 2.28. The summed E-state index contributed by atoms with van der Waals surface area (Å²) in [5.74, 6) is -1.07. The average molecular weight is 420 g/mol. The van der Waals surface area contributed by atoms with Crippen molar-refractivity contribution in [2.45, 2.75) is 32.3 Å². The van der Waals surface area contributed by atoms with Crippen LogP contribution in [0.15, 0.2) is 60.7 Å². The molecule has 0 saturated heterocycles. The largest absolute Gasteiger partial charge is 0.443 e. The molecule has 1 aliphatic rings. The summed E-state index contributed by atoms with van der Waals surface area (Å²) in [6.07, 6.45) is 1.98. The third-order valence-corrected chi connectivity index (χ3v) is 6.27. The van der Waals surface area contributed by atoms with Gasteiger partial charge in [-0.2, -0.15) is 0 Å². The lowest BCUT2D eigenvalue weighted by molar-refractivity contribution is -0.125. The zero-order chi connectivity index (χ0) is 21.1. The third kappa shape index (κ3) is 4.33. The molecule has 152 valence electrons. The van der Waals surface area contributed by atoms with E-state index in [2.05, 4.69) is 5.32 Å². The van der Waals surface area contributed by atoms with Gasteiger partial charge in [0, 0.05) is 21.7 Å². The summed E-state index contributed by atoms with van der Waals surface area (Å²) in [4.78, 5) is 39.2. The summed E-state index contributed by atoms with van der Waals surface area (Å²) in [5.41, 5.74) is 2.75. The number of fused-ring (bicyclic) bond motifs is 1. The molecule has 5 nitrogen and oxygen atoms in total. The van der Waals surface area contributed by atoms with Crippen LogP contribution in [0, 0.1) is 0 Å². The Morgan fingerprint density at radius 2 is 1.80 bits per heavy atom. The molecule has 0 saturated carbocycles. The topological polar surface area (TPSA) is 72.5 Å². The number of amides is 1. The van der Waals surface area contributed by atoms with E-state index in [0.717, 1.165) is 19.3 Å². The van der Waals surface area contributed by atoms with Crippen LogP contribution in [0.5, 0.6) is 0 Å². The SMILES string of the molecule is CC(=O)c1cccc(NC(=O)[C@@H](OC(=O)c2cc3c(s2)CCC3)c2ccccc2)c1. The van der Waals surface area contributed by atoms with Gasteiger partial charge in [0.25, 0.3) is 5.91 Å². The van der Waals surface area contributed by atoms with Crippen molar-refractivity contribution in [1.29, 1.82) is 0 Å². The first-order valence-corrected chi connectivity index (χ1v) is 10.6. The van der Waals surface area contributed by atoms with E-state index in [-0.39, 0.29) is 5.78 Å². The molecule has 1 heterocycles. The van der Waals surface area contributed by atoms with Crippen LogP contribution in [0.3, 0.4) is 0 Å². The van der Waals surface area contributed by atoms with Crippen molar-refractivity contribution >= 4 is 34.7 Å². The van der Waals surface area contributed by atoms with Crippen molar-refractivity contribution in [3.8, 4) is 0 Å². The number of ether oxygens (including phenoxy) is 1. The van der Waals surface area contributed by atoms with E-state index in [1.54, 1.807) is 48.5 Å². The van der Waals surface area contributed by atoms with Crippen molar-refractivity contribution in [1.82, 2.24) is 0 Å². The van der Waals surface area contributed by atoms with Crippen LogP contribution in [0.4, 0.5) is 5.69 Å². The number of esters is 1. The Labute approximate surface area is 178 Å². The molecule has 3 aromatic rings. The molecule has 0 aliphatic heterocycles. The fraction of sp³-hybridized carbons (Fsp3) is 0.208. The summed E-state index contributed by atoms with van der Waals surface area (Å²) in [7, 11) is 0. The Kier molecular flexibility index (Phi) is 5.77. The van der Waals surface area contributed by atoms with Gasteiger partial charge >= 0.3 is 5.97 Å². The van der Waals surface area contributed by atoms with Crippen LogP contribution >= 0.6 is 11.3 Å². The van der Waals surface area contributed by atoms with Gasteiger partial charge in [-0.15, -0.1) is 11.3 Å². The monoisotopic (exact) mass is 419 g/mol. The van der Waals surface area contributed by atoms with E-state index in [4.69, 9.17) is 4.74 Å². The van der Waals surface area contributed by atoms with E-state index in [1.807, 2.05) is 12.1 Å². The zero-order valence-corrected chi connectivity index (χ0v) is 17.3. The molecule has 1 atom stereocenters. The minimum Gasteiger partial charge on any atom is -0.443 e. The van der Waals surface area contributed by atoms with Crippen molar-refractivity contribution in [2.24, 2.45) is 0 Å². The van der Waals surface area contributed by atoms with Gasteiger partial charge in [0.15, 0.2) is 5.78 Å². The van der Waals surface area contributed by atoms with Crippen molar-refractivity contribution in [3.63, 3.8) is 0 Å². The Hall–Kier alpha value is -3.25. The summed E-state index contributed by atoms with van der Waals surface area (Å²) in [5, 5.41) is 2.77. The standard InChI is InChI=1S/C24H21NO4S/c1-15(26)17-9-5-11-19(13-17)25-23(27)22(16-7-3-2-4-8-16)29-24(28)21-14-18-10-6-12-20(18)30-21/h2-5,7-9,11,13-14,22H,6,10,12H2,1H3,(H,25,27)/t22-/m0/s1. The maximum atomic E-state index is 13.0. The van der Waals surface area contributed by atoms with Gasteiger partial charge in [-0.3, -0.25) is 9.59 Å². The van der Waals surface area contributed by atoms with Crippen LogP contribution in [-0.2, 0) is 22.4 Å². The lowest BCUT2D eigenvalue weighted by Gasteiger charge is -2.18. The molecule has 30 heavy (non-hydrogen) atoms. The Morgan fingerprint density at radius 3 is 2.53 bits per heavy atom. The second-order valence-electron chi connectivity index (χ2n) is 7.23. The second-order valence-corrected chi connectivity index (χ2v) is 8.37. The number of ketones is 1. The van der Waals surface area contributed by atoms with Crippen molar-refractivity contribution in [3.05, 3.63) is 87.1 Å². The molecule has 1 aliphatic carbocycles. The smallest absolute Gasteiger partial charge is 0.349 e. The molecule has 0 fully saturated rings. The molecule has 0 unspecified atom stereocenters. The summed E-state index contributed by atoms with van der Waals surface area (Å²) >= 11 is 1.44. The van der Waals surface area contributed by atoms with Crippen LogP contribution in [-0.4, -0.2) is 17.7 Å². The lowest BCUT2D eigenvalue weighted by Crippen LogP contribution is -2.25. The van der Waals surface area contributed by atoms with Crippen LogP contribution < -0.4 is 5.32 Å². The van der Waals surface area contributed by atoms with E-state index in [9.17, 15) is 14.4 Å². The lowest BCUT2D eigenvalue weighted by atomic mass is 10.1. The van der Waals surface area contributed by atoms with Crippen LogP contribution in [0.25, 0.3) is 0 Å². The molecule has 4 rings (SSSR count). The fourth-order valence-corrected chi connectivity index (χ4v) is 4.66. The van der Waals surface area contributed by atoms with Crippen molar-refractivity contribution < 1.29 is 19.1 Å². The Balaban J connectivity index is 1.56. The molecule has 0 radical (unpaired) electrons. The van der Waals surface area contributed by atoms with E-state index in [0.29, 0.717) is 21.7 Å². The highest BCUT2D eigenvalue weighted by Crippen LogP contribution is 2.32. The fourth-order valence-electron chi connectivity index (χ4n) is 3.52. The number of rotatable bonds is 6. The summed E-state index contributed by atoms with van der Waals surface area (Å²) < 4.78 is 5.66. The average Bonchev–Trinajstić information content (AvgIpc) is 3.35. The number of hydrogen-bond donors (Lipinski definition) is 1. The number of benzene rings is 2. The molecular weight excluding hydrogens is 398 g/mol. The van der Waals surface area contributed by atoms with Gasteiger partial charge in [0.1, 0.15) is 4.88 Å². The number of aryl methyl sites for hydroxylation is 2. The molecule has 0 spiro atoms. The maximum Gasteiger partial charge on any atom is 0.349 e. The summed E-state index contributed by atoms with van der Waals surface area (Å²) in [6.45, 7) is 1.47. The van der Waals surface area contributed by atoms with E-state index < -0.39 is 18.0 Å². The summed E-state index contributed by atoms with van der Waals surface area (Å²) in [6, 6.07) is 17.5. The van der Waals surface area contributed by atoms with E-state index >= 15 is 0 Å². The van der Waals surface area contributed by atoms with Gasteiger partial charge in [-0.05, 0) is 49.9 Å². The molecule has 0 bridgehead atoms. The number of Topliss-reactive ketones (excluding diaryl/α,β-unsaturated/α-hetero) is 1. The zero-order valence-electron chi connectivity index (χ0n) is 16.5. The predicted octanol–water partition coefficient (Wildman–Crippen LogP) is 4.98. The second kappa shape index (κ2) is 8.63. The van der Waals surface area contributed by atoms with Gasteiger partial charge < -0.3 is 10.1 Å². The number of thiophene rings is 1. The van der Waals surface area contributed by atoms with Gasteiger partial charge in [0.2, 0.25) is 6.10 Å². The van der Waals surface area contributed by atoms with Crippen LogP contribution in [0.1, 0.15) is 55.5 Å². The predicted molar refractivity (Wildman–Crippen MR) is 116 cm³/mol. The van der Waals surface area contributed by atoms with Gasteiger partial charge in [-0.1, -0.05) is 42.5 Å². The molecule has 6 heteroatoms. The molecule has 2 aromatic carbocycles. The first kappa shape index (κ1) is 20.0. The van der Waals surface area contributed by atoms with Gasteiger partial charge in [-0.25, -0.2) is 4.79 Å². The highest BCUT2D eigenvalue weighted by molar-refractivity contribution is 7.14. The number of hydrogen-bond acceptors (Lipinski definition) is 5. The van der Waals surface area contributed by atoms with Crippen molar-refractivity contribution in [2.75, 3.05) is 5.32 Å². The number of nitrogens with one attached hydrogen (secondary N) is 1. The quantitative estimate of drug-likeness (QED) is 0.452. The Morgan fingerprint density at radius 1 is 1.00 bits per heavy atom. The van der Waals surface area contributed by atoms with Crippen LogP contribution in [0.2, 0.25) is 0 Å². The number of anilines is 1. The Bertz CT molecular complexity index is 1080. The first-order chi connectivity index (χ1) is 14.5. The first-order valence-electron chi connectivity index (χ1n) is 9.80. The van der Waals surface area contributed by atoms with Gasteiger partial charge in [0.05, 0.1) is 0 Å². The van der Waals surface area contributed by atoms with E-state index in [1.165, 1.54) is 28.7 Å². The molecule has 1 amide bonds. The third-order valence-electron chi connectivity index (χ3n) is 5.05. The normalized spacial score (nSPS) is 13.4. The molecule has 1 N–H and O–H groups in total.